The Bertz CT molecular complexity index is 679. The second-order valence-electron chi connectivity index (χ2n) is 5.44. The summed E-state index contributed by atoms with van der Waals surface area (Å²) < 4.78 is 0. The zero-order chi connectivity index (χ0) is 15.0. The number of aryl methyl sites for hydroxylation is 1. The molecule has 2 atom stereocenters. The number of allylic oxidation sites excluding steroid dienone is 2. The number of carbonyl (C=O) groups excluding carboxylic acids is 1. The molecule has 0 saturated heterocycles. The Labute approximate surface area is 121 Å². The van der Waals surface area contributed by atoms with Gasteiger partial charge in [-0.05, 0) is 37.8 Å². The molecule has 0 unspecified atom stereocenters. The van der Waals surface area contributed by atoms with Gasteiger partial charge >= 0.3 is 0 Å². The van der Waals surface area contributed by atoms with Gasteiger partial charge in [-0.3, -0.25) is 14.9 Å². The zero-order valence-electron chi connectivity index (χ0n) is 11.6. The average Bonchev–Trinajstić information content (AvgIpc) is 2.79. The predicted molar refractivity (Wildman–Crippen MR) is 78.1 cm³/mol. The molecule has 3 rings (SSSR count). The van der Waals surface area contributed by atoms with Crippen molar-refractivity contribution in [3.05, 3.63) is 51.6 Å². The van der Waals surface area contributed by atoms with Crippen molar-refractivity contribution in [2.24, 2.45) is 16.9 Å². The maximum absolute atomic E-state index is 12.0. The number of hydrogen-bond acceptors (Lipinski definition) is 4. The molecule has 0 aromatic heterocycles. The lowest BCUT2D eigenvalue weighted by molar-refractivity contribution is -0.385. The van der Waals surface area contributed by atoms with Crippen LogP contribution in [0.4, 0.5) is 5.69 Å². The van der Waals surface area contributed by atoms with E-state index in [1.54, 1.807) is 6.92 Å². The van der Waals surface area contributed by atoms with E-state index >= 15 is 0 Å². The zero-order valence-corrected chi connectivity index (χ0v) is 11.6. The van der Waals surface area contributed by atoms with Crippen molar-refractivity contribution in [2.45, 2.75) is 19.8 Å². The summed E-state index contributed by atoms with van der Waals surface area (Å²) in [6.07, 6.45) is 6.25. The van der Waals surface area contributed by atoms with E-state index in [2.05, 4.69) is 22.7 Å². The van der Waals surface area contributed by atoms with E-state index in [1.807, 2.05) is 0 Å². The number of nitrogens with one attached hydrogen (secondary N) is 1. The number of benzene rings is 1. The highest BCUT2D eigenvalue weighted by atomic mass is 16.6. The van der Waals surface area contributed by atoms with E-state index < -0.39 is 4.92 Å². The molecule has 2 aliphatic carbocycles. The first kappa shape index (κ1) is 13.5. The molecule has 0 radical (unpaired) electrons. The molecule has 1 saturated carbocycles. The first-order valence-electron chi connectivity index (χ1n) is 6.85. The molecule has 1 amide bonds. The molecular weight excluding hydrogens is 270 g/mol. The molecule has 2 aliphatic rings. The third kappa shape index (κ3) is 2.44. The highest BCUT2D eigenvalue weighted by molar-refractivity contribution is 5.98. The van der Waals surface area contributed by atoms with Crippen molar-refractivity contribution in [3.63, 3.8) is 0 Å². The topological polar surface area (TPSA) is 84.6 Å². The number of nitro benzene ring substituents is 1. The van der Waals surface area contributed by atoms with Crippen LogP contribution >= 0.6 is 0 Å². The lowest BCUT2D eigenvalue weighted by Gasteiger charge is -2.31. The van der Waals surface area contributed by atoms with Crippen LogP contribution in [0.1, 0.15) is 28.8 Å². The highest BCUT2D eigenvalue weighted by Crippen LogP contribution is 2.40. The van der Waals surface area contributed by atoms with Crippen LogP contribution in [0.25, 0.3) is 0 Å². The van der Waals surface area contributed by atoms with Gasteiger partial charge in [0.15, 0.2) is 0 Å². The number of nitro groups is 1. The summed E-state index contributed by atoms with van der Waals surface area (Å²) in [5.74, 6) is 0.695. The van der Waals surface area contributed by atoms with Crippen molar-refractivity contribution < 1.29 is 9.72 Å². The molecule has 1 aromatic rings. The van der Waals surface area contributed by atoms with E-state index in [1.165, 1.54) is 18.2 Å². The lowest BCUT2D eigenvalue weighted by Crippen LogP contribution is -2.35. The Morgan fingerprint density at radius 1 is 1.48 bits per heavy atom. The number of hydrazone groups is 1. The van der Waals surface area contributed by atoms with Gasteiger partial charge in [0.2, 0.25) is 0 Å². The van der Waals surface area contributed by atoms with Gasteiger partial charge < -0.3 is 0 Å². The fourth-order valence-electron chi connectivity index (χ4n) is 2.85. The van der Waals surface area contributed by atoms with Gasteiger partial charge in [-0.25, -0.2) is 5.43 Å². The third-order valence-corrected chi connectivity index (χ3v) is 4.12. The van der Waals surface area contributed by atoms with Crippen molar-refractivity contribution in [1.29, 1.82) is 0 Å². The van der Waals surface area contributed by atoms with Gasteiger partial charge in [-0.1, -0.05) is 12.2 Å². The minimum absolute atomic E-state index is 0.0109. The second-order valence-corrected chi connectivity index (χ2v) is 5.44. The Kier molecular flexibility index (Phi) is 3.29. The maximum atomic E-state index is 12.0. The van der Waals surface area contributed by atoms with Crippen LogP contribution < -0.4 is 5.43 Å². The monoisotopic (exact) mass is 285 g/mol. The summed E-state index contributed by atoms with van der Waals surface area (Å²) in [4.78, 5) is 22.3. The molecule has 0 spiro atoms. The van der Waals surface area contributed by atoms with Crippen LogP contribution in [0.5, 0.6) is 0 Å². The van der Waals surface area contributed by atoms with Crippen molar-refractivity contribution in [2.75, 3.05) is 0 Å². The molecule has 6 nitrogen and oxygen atoms in total. The van der Waals surface area contributed by atoms with Gasteiger partial charge in [-0.15, -0.1) is 0 Å². The number of rotatable bonds is 3. The van der Waals surface area contributed by atoms with Crippen LogP contribution in [0, 0.1) is 28.9 Å². The minimum Gasteiger partial charge on any atom is -0.267 e. The summed E-state index contributed by atoms with van der Waals surface area (Å²) in [5.41, 5.74) is 4.42. The van der Waals surface area contributed by atoms with Gasteiger partial charge in [0.25, 0.3) is 11.6 Å². The quantitative estimate of drug-likeness (QED) is 0.526. The summed E-state index contributed by atoms with van der Waals surface area (Å²) in [7, 11) is 0. The fraction of sp³-hybridized carbons (Fsp3) is 0.333. The van der Waals surface area contributed by atoms with Gasteiger partial charge in [0.1, 0.15) is 0 Å². The molecular formula is C15H15N3O3. The number of amides is 1. The molecule has 1 fully saturated rings. The number of hydrogen-bond donors (Lipinski definition) is 1. The van der Waals surface area contributed by atoms with Gasteiger partial charge in [0.05, 0.1) is 4.92 Å². The third-order valence-electron chi connectivity index (χ3n) is 4.12. The van der Waals surface area contributed by atoms with Gasteiger partial charge in [-0.2, -0.15) is 5.10 Å². The van der Waals surface area contributed by atoms with E-state index in [4.69, 9.17) is 0 Å². The van der Waals surface area contributed by atoms with Gasteiger partial charge in [0, 0.05) is 28.8 Å². The van der Waals surface area contributed by atoms with Crippen molar-refractivity contribution in [3.8, 4) is 0 Å². The van der Waals surface area contributed by atoms with Crippen LogP contribution in [0.3, 0.4) is 0 Å². The van der Waals surface area contributed by atoms with Crippen LogP contribution in [-0.4, -0.2) is 16.5 Å². The normalized spacial score (nSPS) is 24.5. The molecule has 0 heterocycles. The minimum atomic E-state index is -0.459. The van der Waals surface area contributed by atoms with E-state index in [0.29, 0.717) is 23.0 Å². The average molecular weight is 285 g/mol. The van der Waals surface area contributed by atoms with Crippen molar-refractivity contribution >= 4 is 17.3 Å². The number of carbonyl (C=O) groups is 1. The van der Waals surface area contributed by atoms with E-state index in [-0.39, 0.29) is 11.6 Å². The first-order chi connectivity index (χ1) is 10.1. The summed E-state index contributed by atoms with van der Waals surface area (Å²) in [6.45, 7) is 1.61. The van der Waals surface area contributed by atoms with E-state index in [0.717, 1.165) is 18.6 Å². The second kappa shape index (κ2) is 5.12. The molecule has 1 N–H and O–H groups in total. The standard InChI is InChI=1S/C15H15N3O3/c1-9-7-11(5-6-14(9)18(20)21)15(19)17-16-13-8-10-3-2-4-12(10)13/h2-3,5-7,10,12H,4,8H2,1H3,(H,17,19)/b16-13+/t10-,12+/m0/s1. The molecule has 0 aliphatic heterocycles. The predicted octanol–water partition coefficient (Wildman–Crippen LogP) is 2.59. The lowest BCUT2D eigenvalue weighted by atomic mass is 9.74. The molecule has 1 aromatic carbocycles. The molecule has 0 bridgehead atoms. The smallest absolute Gasteiger partial charge is 0.267 e. The van der Waals surface area contributed by atoms with Crippen LogP contribution in [0.2, 0.25) is 0 Å². The Hall–Kier alpha value is -2.50. The Morgan fingerprint density at radius 3 is 2.95 bits per heavy atom. The first-order valence-corrected chi connectivity index (χ1v) is 6.85. The molecule has 21 heavy (non-hydrogen) atoms. The van der Waals surface area contributed by atoms with Crippen molar-refractivity contribution in [1.82, 2.24) is 5.43 Å². The van der Waals surface area contributed by atoms with E-state index in [9.17, 15) is 14.9 Å². The number of fused-ring (bicyclic) bond motifs is 1. The largest absolute Gasteiger partial charge is 0.272 e. The molecule has 6 heteroatoms. The Morgan fingerprint density at radius 2 is 2.29 bits per heavy atom. The summed E-state index contributed by atoms with van der Waals surface area (Å²) in [5, 5.41) is 14.9. The number of nitrogens with zero attached hydrogens (tertiary/aromatic N) is 2. The maximum Gasteiger partial charge on any atom is 0.272 e. The summed E-state index contributed by atoms with van der Waals surface area (Å²) in [6, 6.07) is 4.30. The fourth-order valence-corrected chi connectivity index (χ4v) is 2.85. The van der Waals surface area contributed by atoms with Crippen LogP contribution in [0.15, 0.2) is 35.5 Å². The SMILES string of the molecule is Cc1cc(C(=O)N/N=C2\C[C@@H]3C=CC[C@@H]23)ccc1[N+](=O)[O-]. The van der Waals surface area contributed by atoms with Crippen LogP contribution in [-0.2, 0) is 0 Å². The molecule has 108 valence electrons. The Balaban J connectivity index is 1.67. The summed E-state index contributed by atoms with van der Waals surface area (Å²) >= 11 is 0. The highest BCUT2D eigenvalue weighted by Gasteiger charge is 2.38.